The van der Waals surface area contributed by atoms with Gasteiger partial charge in [0.15, 0.2) is 12.0 Å². The monoisotopic (exact) mass is 172 g/mol. The second-order valence-corrected chi connectivity index (χ2v) is 1.69. The molecule has 1 heterocycles. The van der Waals surface area contributed by atoms with Crippen LogP contribution in [-0.4, -0.2) is 23.0 Å². The maximum atomic E-state index is 10.0. The van der Waals surface area contributed by atoms with E-state index in [1.54, 1.807) is 6.07 Å². The number of aldehydes is 1. The third-order valence-electron chi connectivity index (χ3n) is 1.06. The Morgan fingerprint density at radius 2 is 2.08 bits per heavy atom. The lowest BCUT2D eigenvalue weighted by Gasteiger charge is -1.85. The molecule has 0 aromatic carbocycles. The molecule has 2 N–H and O–H groups in total. The Morgan fingerprint density at radius 3 is 2.42 bits per heavy atom. The summed E-state index contributed by atoms with van der Waals surface area (Å²) >= 11 is 0. The maximum Gasteiger partial charge on any atom is 0.290 e. The van der Waals surface area contributed by atoms with Gasteiger partial charge in [0, 0.05) is 5.56 Å². The molecule has 0 unspecified atom stereocenters. The van der Waals surface area contributed by atoms with Gasteiger partial charge in [-0.25, -0.2) is 0 Å². The van der Waals surface area contributed by atoms with E-state index in [4.69, 9.17) is 15.0 Å². The Morgan fingerprint density at radius 1 is 1.50 bits per heavy atom. The average molecular weight is 172 g/mol. The van der Waals surface area contributed by atoms with Gasteiger partial charge >= 0.3 is 0 Å². The van der Waals surface area contributed by atoms with Crippen LogP contribution >= 0.6 is 0 Å². The van der Waals surface area contributed by atoms with E-state index in [1.807, 2.05) is 0 Å². The molecule has 1 aromatic rings. The molecule has 0 aliphatic carbocycles. The number of hydrogen-bond donors (Lipinski definition) is 2. The van der Waals surface area contributed by atoms with E-state index in [-0.39, 0.29) is 18.8 Å². The molecule has 0 spiro atoms. The Kier molecular flexibility index (Phi) is 5.29. The molecule has 0 amide bonds. The third kappa shape index (κ3) is 2.98. The van der Waals surface area contributed by atoms with Crippen LogP contribution in [0, 0.1) is 0 Å². The predicted molar refractivity (Wildman–Crippen MR) is 38.7 cm³/mol. The van der Waals surface area contributed by atoms with E-state index < -0.39 is 0 Å². The van der Waals surface area contributed by atoms with E-state index >= 15 is 0 Å². The lowest BCUT2D eigenvalue weighted by molar-refractivity contribution is -0.122. The molecule has 0 saturated carbocycles. The number of carbonyl (C=O) groups is 2. The van der Waals surface area contributed by atoms with Crippen LogP contribution in [0.15, 0.2) is 16.7 Å². The van der Waals surface area contributed by atoms with Gasteiger partial charge in [0.2, 0.25) is 0 Å². The van der Waals surface area contributed by atoms with Crippen LogP contribution in [0.5, 0.6) is 0 Å². The molecule has 0 aliphatic rings. The summed E-state index contributed by atoms with van der Waals surface area (Å²) in [6, 6.07) is 1.56. The second kappa shape index (κ2) is 6.11. The summed E-state index contributed by atoms with van der Waals surface area (Å²) in [7, 11) is 0. The van der Waals surface area contributed by atoms with E-state index in [9.17, 15) is 4.79 Å². The molecule has 0 aliphatic heterocycles. The van der Waals surface area contributed by atoms with Crippen molar-refractivity contribution in [3.05, 3.63) is 23.7 Å². The van der Waals surface area contributed by atoms with Crippen LogP contribution in [0.25, 0.3) is 0 Å². The number of aliphatic hydroxyl groups excluding tert-OH is 1. The summed E-state index contributed by atoms with van der Waals surface area (Å²) in [6.07, 6.45) is 1.95. The van der Waals surface area contributed by atoms with Gasteiger partial charge in [-0.05, 0) is 6.07 Å². The molecule has 0 fully saturated rings. The van der Waals surface area contributed by atoms with Crippen molar-refractivity contribution in [3.63, 3.8) is 0 Å². The van der Waals surface area contributed by atoms with Crippen LogP contribution in [0.1, 0.15) is 16.1 Å². The molecule has 12 heavy (non-hydrogen) atoms. The van der Waals surface area contributed by atoms with Gasteiger partial charge in [-0.15, -0.1) is 0 Å². The summed E-state index contributed by atoms with van der Waals surface area (Å²) in [6.45, 7) is -0.398. The van der Waals surface area contributed by atoms with E-state index in [0.29, 0.717) is 11.8 Å². The Hall–Kier alpha value is -1.62. The summed E-state index contributed by atoms with van der Waals surface area (Å²) in [5.41, 5.74) is 0.532. The minimum atomic E-state index is -0.250. The number of carboxylic acid groups (broad SMARTS) is 1. The molecule has 1 rings (SSSR count). The summed E-state index contributed by atoms with van der Waals surface area (Å²) in [5.74, 6) is 0.206. The first-order chi connectivity index (χ1) is 5.79. The first-order valence-corrected chi connectivity index (χ1v) is 3.00. The fourth-order valence-electron chi connectivity index (χ4n) is 0.581. The highest BCUT2D eigenvalue weighted by molar-refractivity contribution is 5.72. The molecule has 5 heteroatoms. The zero-order chi connectivity index (χ0) is 9.40. The minimum Gasteiger partial charge on any atom is -0.483 e. The molecular weight excluding hydrogens is 164 g/mol. The van der Waals surface area contributed by atoms with Crippen molar-refractivity contribution in [2.75, 3.05) is 0 Å². The third-order valence-corrected chi connectivity index (χ3v) is 1.06. The van der Waals surface area contributed by atoms with E-state index in [2.05, 4.69) is 4.42 Å². The smallest absolute Gasteiger partial charge is 0.290 e. The Bertz CT molecular complexity index is 240. The van der Waals surface area contributed by atoms with E-state index in [0.717, 1.165) is 0 Å². The van der Waals surface area contributed by atoms with Gasteiger partial charge < -0.3 is 14.6 Å². The lowest BCUT2D eigenvalue weighted by Crippen LogP contribution is -1.84. The van der Waals surface area contributed by atoms with Gasteiger partial charge in [-0.3, -0.25) is 9.59 Å². The topological polar surface area (TPSA) is 87.7 Å². The molecule has 0 saturated heterocycles. The number of hydrogen-bond acceptors (Lipinski definition) is 4. The number of aliphatic hydroxyl groups is 1. The summed E-state index contributed by atoms with van der Waals surface area (Å²) < 4.78 is 4.68. The highest BCUT2D eigenvalue weighted by atomic mass is 16.3. The van der Waals surface area contributed by atoms with Crippen LogP contribution in [0.2, 0.25) is 0 Å². The maximum absolute atomic E-state index is 10.0. The molecule has 0 radical (unpaired) electrons. The average Bonchev–Trinajstić information content (AvgIpc) is 2.52. The van der Waals surface area contributed by atoms with Gasteiger partial charge in [-0.1, -0.05) is 0 Å². The molecule has 0 atom stereocenters. The van der Waals surface area contributed by atoms with Crippen molar-refractivity contribution >= 4 is 12.8 Å². The van der Waals surface area contributed by atoms with Gasteiger partial charge in [0.25, 0.3) is 6.47 Å². The largest absolute Gasteiger partial charge is 0.483 e. The first kappa shape index (κ1) is 10.4. The highest BCUT2D eigenvalue weighted by Crippen LogP contribution is 2.06. The number of furan rings is 1. The van der Waals surface area contributed by atoms with Gasteiger partial charge in [0.05, 0.1) is 12.9 Å². The highest BCUT2D eigenvalue weighted by Gasteiger charge is 2.00. The summed E-state index contributed by atoms with van der Waals surface area (Å²) in [5, 5.41) is 15.4. The van der Waals surface area contributed by atoms with Crippen molar-refractivity contribution in [2.45, 2.75) is 6.61 Å². The van der Waals surface area contributed by atoms with Crippen molar-refractivity contribution in [2.24, 2.45) is 0 Å². The van der Waals surface area contributed by atoms with E-state index in [1.165, 1.54) is 6.26 Å². The fraction of sp³-hybridized carbons (Fsp3) is 0.143. The lowest BCUT2D eigenvalue weighted by atomic mass is 10.3. The van der Waals surface area contributed by atoms with Crippen LogP contribution < -0.4 is 0 Å². The number of carbonyl (C=O) groups excluding carboxylic acids is 1. The first-order valence-electron chi connectivity index (χ1n) is 3.00. The predicted octanol–water partition coefficient (Wildman–Crippen LogP) is 0.285. The zero-order valence-electron chi connectivity index (χ0n) is 6.14. The Balaban J connectivity index is 0.000000354. The quantitative estimate of drug-likeness (QED) is 0.626. The standard InChI is InChI=1S/C6H6O3.CH2O2/c7-3-5-1-2-9-6(5)4-8;2-1-3/h1-2,4,7H,3H2;1H,(H,2,3). The molecule has 66 valence electrons. The normalized spacial score (nSPS) is 8.08. The van der Waals surface area contributed by atoms with Crippen molar-refractivity contribution in [3.8, 4) is 0 Å². The molecule has 5 nitrogen and oxygen atoms in total. The van der Waals surface area contributed by atoms with Gasteiger partial charge in [-0.2, -0.15) is 0 Å². The minimum absolute atomic E-state index is 0.148. The van der Waals surface area contributed by atoms with Crippen molar-refractivity contribution < 1.29 is 24.2 Å². The molecular formula is C7H8O5. The van der Waals surface area contributed by atoms with Crippen molar-refractivity contribution in [1.29, 1.82) is 0 Å². The van der Waals surface area contributed by atoms with Crippen LogP contribution in [0.4, 0.5) is 0 Å². The van der Waals surface area contributed by atoms with Crippen molar-refractivity contribution in [1.82, 2.24) is 0 Å². The number of rotatable bonds is 2. The Labute approximate surface area is 68.2 Å². The van der Waals surface area contributed by atoms with Gasteiger partial charge in [0.1, 0.15) is 0 Å². The van der Waals surface area contributed by atoms with Crippen LogP contribution in [-0.2, 0) is 11.4 Å². The SMILES string of the molecule is O=CO.O=Cc1occc1CO. The second-order valence-electron chi connectivity index (χ2n) is 1.69. The molecule has 0 bridgehead atoms. The zero-order valence-corrected chi connectivity index (χ0v) is 6.14. The fourth-order valence-corrected chi connectivity index (χ4v) is 0.581. The van der Waals surface area contributed by atoms with Crippen LogP contribution in [0.3, 0.4) is 0 Å². The summed E-state index contributed by atoms with van der Waals surface area (Å²) in [4.78, 5) is 18.4. The molecule has 1 aromatic heterocycles.